The number of aromatic amines is 1. The summed E-state index contributed by atoms with van der Waals surface area (Å²) in [4.78, 5) is 15.6. The largest absolute Gasteiger partial charge is 0.310 e. The molecule has 1 N–H and O–H groups in total. The van der Waals surface area contributed by atoms with Crippen LogP contribution in [0.5, 0.6) is 0 Å². The number of hydrogen-bond donors (Lipinski definition) is 1. The number of fused-ring (bicyclic) bond motifs is 1. The van der Waals surface area contributed by atoms with Crippen molar-refractivity contribution in [1.82, 2.24) is 15.3 Å². The molecule has 16 heavy (non-hydrogen) atoms. The van der Waals surface area contributed by atoms with Crippen molar-refractivity contribution in [2.45, 2.75) is 0 Å². The summed E-state index contributed by atoms with van der Waals surface area (Å²) in [6.07, 6.45) is 1.64. The molecule has 3 rings (SSSR count). The summed E-state index contributed by atoms with van der Waals surface area (Å²) in [6, 6.07) is 9.55. The van der Waals surface area contributed by atoms with Crippen molar-refractivity contribution >= 4 is 10.8 Å². The minimum Gasteiger partial charge on any atom is -0.267 e. The maximum Gasteiger partial charge on any atom is 0.310 e. The quantitative estimate of drug-likeness (QED) is 0.666. The molecule has 2 aromatic heterocycles. The van der Waals surface area contributed by atoms with Gasteiger partial charge in [0.2, 0.25) is 0 Å². The predicted octanol–water partition coefficient (Wildman–Crippen LogP) is 1.58. The van der Waals surface area contributed by atoms with Gasteiger partial charge >= 0.3 is 5.56 Å². The first kappa shape index (κ1) is 8.84. The Morgan fingerprint density at radius 3 is 2.81 bits per heavy atom. The Morgan fingerprint density at radius 2 is 2.00 bits per heavy atom. The molecule has 0 spiro atoms. The summed E-state index contributed by atoms with van der Waals surface area (Å²) in [6.45, 7) is 0. The van der Waals surface area contributed by atoms with Gasteiger partial charge in [-0.1, -0.05) is 24.3 Å². The van der Waals surface area contributed by atoms with Crippen LogP contribution < -0.4 is 5.56 Å². The van der Waals surface area contributed by atoms with Crippen LogP contribution in [0, 0.1) is 0 Å². The number of H-pyrrole nitrogens is 1. The number of hydrogen-bond acceptors (Lipinski definition) is 4. The van der Waals surface area contributed by atoms with Gasteiger partial charge < -0.3 is 0 Å². The molecule has 0 unspecified atom stereocenters. The smallest absolute Gasteiger partial charge is 0.267 e. The van der Waals surface area contributed by atoms with Gasteiger partial charge in [0.05, 0.1) is 0 Å². The maximum absolute atomic E-state index is 11.4. The first-order valence-electron chi connectivity index (χ1n) is 4.75. The highest BCUT2D eigenvalue weighted by Gasteiger charge is 2.12. The zero-order valence-corrected chi connectivity index (χ0v) is 8.18. The molecule has 0 aliphatic rings. The van der Waals surface area contributed by atoms with E-state index in [2.05, 4.69) is 19.9 Å². The molecule has 0 aliphatic carbocycles. The molecule has 0 aliphatic heterocycles. The van der Waals surface area contributed by atoms with Crippen LogP contribution in [0.25, 0.3) is 22.2 Å². The lowest BCUT2D eigenvalue weighted by atomic mass is 10.1. The molecule has 78 valence electrons. The third-order valence-electron chi connectivity index (χ3n) is 2.39. The van der Waals surface area contributed by atoms with Crippen LogP contribution in [-0.2, 0) is 0 Å². The van der Waals surface area contributed by atoms with E-state index in [9.17, 15) is 4.79 Å². The molecular formula is C11H7N3O2. The van der Waals surface area contributed by atoms with Gasteiger partial charge in [-0.3, -0.25) is 14.4 Å². The highest BCUT2D eigenvalue weighted by atomic mass is 16.6. The molecule has 5 nitrogen and oxygen atoms in total. The van der Waals surface area contributed by atoms with Gasteiger partial charge in [0, 0.05) is 11.6 Å². The Balaban J connectivity index is 2.41. The lowest BCUT2D eigenvalue weighted by Crippen LogP contribution is -2.03. The average Bonchev–Trinajstić information content (AvgIpc) is 2.75. The van der Waals surface area contributed by atoms with Gasteiger partial charge in [-0.25, -0.2) is 0 Å². The fourth-order valence-electron chi connectivity index (χ4n) is 1.66. The van der Waals surface area contributed by atoms with Gasteiger partial charge in [-0.2, -0.15) is 5.16 Å². The Labute approximate surface area is 89.7 Å². The highest BCUT2D eigenvalue weighted by Crippen LogP contribution is 2.22. The Bertz CT molecular complexity index is 694. The van der Waals surface area contributed by atoms with E-state index >= 15 is 0 Å². The van der Waals surface area contributed by atoms with Gasteiger partial charge in [0.15, 0.2) is 5.69 Å². The van der Waals surface area contributed by atoms with E-state index in [0.29, 0.717) is 5.69 Å². The van der Waals surface area contributed by atoms with Gasteiger partial charge in [-0.05, 0) is 16.6 Å². The topological polar surface area (TPSA) is 71.8 Å². The van der Waals surface area contributed by atoms with Crippen LogP contribution in [0.15, 0.2) is 46.0 Å². The molecular weight excluding hydrogens is 206 g/mol. The summed E-state index contributed by atoms with van der Waals surface area (Å²) < 4.78 is 4.52. The van der Waals surface area contributed by atoms with E-state index in [-0.39, 0.29) is 11.3 Å². The monoisotopic (exact) mass is 213 g/mol. The minimum atomic E-state index is -0.371. The van der Waals surface area contributed by atoms with E-state index in [1.165, 1.54) is 0 Å². The maximum atomic E-state index is 11.4. The zero-order valence-electron chi connectivity index (χ0n) is 8.18. The second kappa shape index (κ2) is 3.30. The molecule has 1 aromatic carbocycles. The number of aromatic nitrogens is 3. The van der Waals surface area contributed by atoms with Gasteiger partial charge in [0.1, 0.15) is 5.69 Å². The summed E-state index contributed by atoms with van der Waals surface area (Å²) in [5.74, 6) is 0. The third-order valence-corrected chi connectivity index (χ3v) is 2.39. The highest BCUT2D eigenvalue weighted by molar-refractivity contribution is 5.93. The van der Waals surface area contributed by atoms with E-state index < -0.39 is 0 Å². The number of nitrogens with one attached hydrogen (secondary N) is 1. The second-order valence-electron chi connectivity index (χ2n) is 3.34. The van der Waals surface area contributed by atoms with Crippen molar-refractivity contribution < 1.29 is 4.63 Å². The van der Waals surface area contributed by atoms with E-state index in [0.717, 1.165) is 10.8 Å². The number of pyridine rings is 1. The van der Waals surface area contributed by atoms with Crippen molar-refractivity contribution in [3.63, 3.8) is 0 Å². The Kier molecular flexibility index (Phi) is 1.83. The molecule has 5 heteroatoms. The van der Waals surface area contributed by atoms with E-state index in [1.54, 1.807) is 6.20 Å². The molecule has 2 heterocycles. The molecule has 0 saturated carbocycles. The first-order valence-corrected chi connectivity index (χ1v) is 4.75. The fraction of sp³-hybridized carbons (Fsp3) is 0. The van der Waals surface area contributed by atoms with Crippen LogP contribution in [0.3, 0.4) is 0 Å². The molecule has 0 atom stereocenters. The predicted molar refractivity (Wildman–Crippen MR) is 57.9 cm³/mol. The van der Waals surface area contributed by atoms with Crippen molar-refractivity contribution in [2.24, 2.45) is 0 Å². The molecule has 0 amide bonds. The van der Waals surface area contributed by atoms with Crippen molar-refractivity contribution in [2.75, 3.05) is 0 Å². The summed E-state index contributed by atoms with van der Waals surface area (Å²) in [5, 5.41) is 7.67. The number of benzene rings is 1. The Morgan fingerprint density at radius 1 is 1.12 bits per heavy atom. The molecule has 0 saturated heterocycles. The van der Waals surface area contributed by atoms with Crippen LogP contribution in [-0.4, -0.2) is 15.3 Å². The van der Waals surface area contributed by atoms with Gasteiger partial charge in [0.25, 0.3) is 0 Å². The normalized spacial score (nSPS) is 10.8. The van der Waals surface area contributed by atoms with Gasteiger partial charge in [-0.15, -0.1) is 0 Å². The number of rotatable bonds is 1. The lowest BCUT2D eigenvalue weighted by molar-refractivity contribution is 0.305. The van der Waals surface area contributed by atoms with Crippen molar-refractivity contribution in [1.29, 1.82) is 0 Å². The Hall–Kier alpha value is -2.43. The molecule has 0 radical (unpaired) electrons. The van der Waals surface area contributed by atoms with E-state index in [1.807, 2.05) is 30.3 Å². The standard InChI is InChI=1S/C11H7N3O2/c15-11-10(13-16-14-11)9-8-4-2-1-3-7(8)5-6-12-9/h1-6H,(H,14,15). The summed E-state index contributed by atoms with van der Waals surface area (Å²) >= 11 is 0. The summed E-state index contributed by atoms with van der Waals surface area (Å²) in [7, 11) is 0. The average molecular weight is 213 g/mol. The first-order chi connectivity index (χ1) is 7.86. The van der Waals surface area contributed by atoms with Crippen LogP contribution in [0.1, 0.15) is 0 Å². The van der Waals surface area contributed by atoms with Crippen LogP contribution in [0.2, 0.25) is 0 Å². The number of nitrogens with zero attached hydrogens (tertiary/aromatic N) is 2. The zero-order chi connectivity index (χ0) is 11.0. The van der Waals surface area contributed by atoms with Crippen LogP contribution in [0.4, 0.5) is 0 Å². The van der Waals surface area contributed by atoms with E-state index in [4.69, 9.17) is 0 Å². The third kappa shape index (κ3) is 1.22. The molecule has 0 bridgehead atoms. The minimum absolute atomic E-state index is 0.205. The molecule has 3 aromatic rings. The van der Waals surface area contributed by atoms with Crippen molar-refractivity contribution in [3.8, 4) is 11.4 Å². The lowest BCUT2D eigenvalue weighted by Gasteiger charge is -2.00. The van der Waals surface area contributed by atoms with Crippen LogP contribution >= 0.6 is 0 Å². The fourth-order valence-corrected chi connectivity index (χ4v) is 1.66. The van der Waals surface area contributed by atoms with Crippen molar-refractivity contribution in [3.05, 3.63) is 46.9 Å². The second-order valence-corrected chi connectivity index (χ2v) is 3.34. The molecule has 0 fully saturated rings. The summed E-state index contributed by atoms with van der Waals surface area (Å²) in [5.41, 5.74) is 0.369. The SMILES string of the molecule is O=c1[nH]onc1-c1nccc2ccccc12.